The number of rotatable bonds is 3. The zero-order valence-corrected chi connectivity index (χ0v) is 16.2. The van der Waals surface area contributed by atoms with Crippen LogP contribution in [0.3, 0.4) is 0 Å². The number of anilines is 1. The zero-order chi connectivity index (χ0) is 19.6. The Kier molecular flexibility index (Phi) is 4.30. The van der Waals surface area contributed by atoms with E-state index in [1.165, 1.54) is 19.6 Å². The number of nitrogens with two attached hydrogens (primary N) is 1. The molecule has 2 aromatic heterocycles. The molecule has 2 fully saturated rings. The molecule has 2 aliphatic rings. The number of phosphoric acid groups is 1. The van der Waals surface area contributed by atoms with Crippen molar-refractivity contribution < 1.29 is 28.0 Å². The van der Waals surface area contributed by atoms with Gasteiger partial charge in [0.15, 0.2) is 17.7 Å². The van der Waals surface area contributed by atoms with Gasteiger partial charge in [0, 0.05) is 0 Å². The van der Waals surface area contributed by atoms with Gasteiger partial charge in [0.05, 0.1) is 18.5 Å². The number of phosphoric ester groups is 1. The molecule has 0 aromatic carbocycles. The van der Waals surface area contributed by atoms with Crippen LogP contribution in [0.1, 0.15) is 33.9 Å². The van der Waals surface area contributed by atoms with E-state index < -0.39 is 38.0 Å². The molecule has 11 nitrogen and oxygen atoms in total. The molecular weight excluding hydrogens is 377 g/mol. The molecule has 27 heavy (non-hydrogen) atoms. The summed E-state index contributed by atoms with van der Waals surface area (Å²) in [5, 5.41) is 11.2. The van der Waals surface area contributed by atoms with E-state index in [0.29, 0.717) is 11.2 Å². The van der Waals surface area contributed by atoms with Crippen LogP contribution in [0.4, 0.5) is 5.82 Å². The van der Waals surface area contributed by atoms with Crippen molar-refractivity contribution >= 4 is 24.8 Å². The monoisotopic (exact) mass is 399 g/mol. The fourth-order valence-corrected chi connectivity index (χ4v) is 5.28. The van der Waals surface area contributed by atoms with Gasteiger partial charge in [0.2, 0.25) is 0 Å². The molecule has 0 saturated carbocycles. The number of fused-ring (bicyclic) bond motifs is 2. The van der Waals surface area contributed by atoms with E-state index in [-0.39, 0.29) is 11.9 Å². The Labute approximate surface area is 155 Å². The number of nitrogen functional groups attached to an aromatic ring is 1. The summed E-state index contributed by atoms with van der Waals surface area (Å²) in [6.45, 7) is 6.67. The summed E-state index contributed by atoms with van der Waals surface area (Å²) in [4.78, 5) is 12.3. The summed E-state index contributed by atoms with van der Waals surface area (Å²) in [6, 6.07) is 0. The number of ether oxygens (including phenoxy) is 1. The molecule has 0 amide bonds. The third-order valence-corrected chi connectivity index (χ3v) is 6.40. The van der Waals surface area contributed by atoms with Gasteiger partial charge in [-0.15, -0.1) is 0 Å². The standard InChI is InChI=1S/C15H22N5O6P/c1-7(2)24-27(22)25-8(3)10-11(26-27)15(4,21)14(23-10)20-6-19-9-12(16)17-5-18-13(9)20/h5-8,10-11,14,21H,1-4H3,(H2,16,17,18)/t8?,10-,11-,14-,15-,27?/m1/s1. The largest absolute Gasteiger partial charge is 0.475 e. The van der Waals surface area contributed by atoms with Crippen molar-refractivity contribution in [1.29, 1.82) is 0 Å². The van der Waals surface area contributed by atoms with E-state index >= 15 is 0 Å². The predicted molar refractivity (Wildman–Crippen MR) is 93.5 cm³/mol. The SMILES string of the molecule is CC(C)OP1(=O)OC(C)[C@H]2O[C@@H](n3cnc4c(N)ncnc43)[C@](C)(O)[C@@H]2O1. The highest BCUT2D eigenvalue weighted by Gasteiger charge is 2.62. The normalized spacial score (nSPS) is 39.2. The van der Waals surface area contributed by atoms with Gasteiger partial charge in [-0.3, -0.25) is 18.1 Å². The molecule has 2 unspecified atom stereocenters. The first-order valence-electron chi connectivity index (χ1n) is 8.58. The van der Waals surface area contributed by atoms with Crippen molar-refractivity contribution in [3.8, 4) is 0 Å². The van der Waals surface area contributed by atoms with Gasteiger partial charge in [-0.1, -0.05) is 0 Å². The van der Waals surface area contributed by atoms with Crippen molar-refractivity contribution in [3.63, 3.8) is 0 Å². The Morgan fingerprint density at radius 2 is 2.11 bits per heavy atom. The quantitative estimate of drug-likeness (QED) is 0.727. The molecule has 0 aliphatic carbocycles. The first-order chi connectivity index (χ1) is 12.6. The average Bonchev–Trinajstić information content (AvgIpc) is 3.07. The van der Waals surface area contributed by atoms with Crippen molar-refractivity contribution in [1.82, 2.24) is 19.5 Å². The molecular formula is C15H22N5O6P. The maximum absolute atomic E-state index is 12.8. The lowest BCUT2D eigenvalue weighted by atomic mass is 9.94. The minimum Gasteiger partial charge on any atom is -0.383 e. The minimum atomic E-state index is -3.85. The second-order valence-corrected chi connectivity index (χ2v) is 8.73. The van der Waals surface area contributed by atoms with Gasteiger partial charge in [-0.2, -0.15) is 0 Å². The third kappa shape index (κ3) is 2.95. The molecule has 0 radical (unpaired) electrons. The Morgan fingerprint density at radius 3 is 2.81 bits per heavy atom. The highest BCUT2D eigenvalue weighted by molar-refractivity contribution is 7.48. The number of aromatic nitrogens is 4. The summed E-state index contributed by atoms with van der Waals surface area (Å²) >= 11 is 0. The van der Waals surface area contributed by atoms with Gasteiger partial charge in [-0.05, 0) is 27.7 Å². The van der Waals surface area contributed by atoms with Gasteiger partial charge < -0.3 is 15.6 Å². The predicted octanol–water partition coefficient (Wildman–Crippen LogP) is 1.39. The van der Waals surface area contributed by atoms with Gasteiger partial charge >= 0.3 is 7.82 Å². The Hall–Kier alpha value is -1.62. The zero-order valence-electron chi connectivity index (χ0n) is 15.3. The Balaban J connectivity index is 1.72. The van der Waals surface area contributed by atoms with Crippen LogP contribution in [0.5, 0.6) is 0 Å². The number of nitrogens with zero attached hydrogens (tertiary/aromatic N) is 4. The van der Waals surface area contributed by atoms with Gasteiger partial charge in [0.1, 0.15) is 29.7 Å². The van der Waals surface area contributed by atoms with Crippen molar-refractivity contribution in [3.05, 3.63) is 12.7 Å². The topological polar surface area (TPSA) is 144 Å². The van der Waals surface area contributed by atoms with Crippen LogP contribution in [0.2, 0.25) is 0 Å². The van der Waals surface area contributed by atoms with Crippen molar-refractivity contribution in [2.45, 2.75) is 63.9 Å². The summed E-state index contributed by atoms with van der Waals surface area (Å²) in [5.74, 6) is 0.219. The molecule has 2 aromatic rings. The van der Waals surface area contributed by atoms with Crippen LogP contribution in [-0.2, 0) is 22.9 Å². The first kappa shape index (κ1) is 18.7. The van der Waals surface area contributed by atoms with E-state index in [0.717, 1.165) is 0 Å². The molecule has 4 rings (SSSR count). The van der Waals surface area contributed by atoms with Crippen LogP contribution < -0.4 is 5.73 Å². The number of aliphatic hydroxyl groups is 1. The minimum absolute atomic E-state index is 0.219. The molecule has 6 atom stereocenters. The summed E-state index contributed by atoms with van der Waals surface area (Å²) < 4.78 is 36.8. The lowest BCUT2D eigenvalue weighted by Gasteiger charge is -2.38. The Bertz CT molecular complexity index is 917. The van der Waals surface area contributed by atoms with Crippen LogP contribution in [0.15, 0.2) is 12.7 Å². The van der Waals surface area contributed by atoms with E-state index in [2.05, 4.69) is 15.0 Å². The van der Waals surface area contributed by atoms with Crippen molar-refractivity contribution in [2.24, 2.45) is 0 Å². The molecule has 3 N–H and O–H groups in total. The maximum Gasteiger partial charge on any atom is 0.475 e. The van der Waals surface area contributed by atoms with Crippen LogP contribution in [0, 0.1) is 0 Å². The summed E-state index contributed by atoms with van der Waals surface area (Å²) in [5.41, 5.74) is 5.06. The lowest BCUT2D eigenvalue weighted by Crippen LogP contribution is -2.50. The lowest BCUT2D eigenvalue weighted by molar-refractivity contribution is -0.107. The fourth-order valence-electron chi connectivity index (χ4n) is 3.48. The molecule has 2 saturated heterocycles. The van der Waals surface area contributed by atoms with Crippen LogP contribution in [0.25, 0.3) is 11.2 Å². The second kappa shape index (κ2) is 6.20. The summed E-state index contributed by atoms with van der Waals surface area (Å²) in [6.07, 6.45) is -0.754. The van der Waals surface area contributed by atoms with Gasteiger partial charge in [0.25, 0.3) is 0 Å². The molecule has 12 heteroatoms. The van der Waals surface area contributed by atoms with E-state index in [1.807, 2.05) is 0 Å². The molecule has 4 heterocycles. The van der Waals surface area contributed by atoms with Crippen molar-refractivity contribution in [2.75, 3.05) is 5.73 Å². The second-order valence-electron chi connectivity index (χ2n) is 7.20. The molecule has 0 bridgehead atoms. The van der Waals surface area contributed by atoms with E-state index in [1.54, 1.807) is 25.3 Å². The van der Waals surface area contributed by atoms with Gasteiger partial charge in [-0.25, -0.2) is 19.5 Å². The van der Waals surface area contributed by atoms with E-state index in [4.69, 9.17) is 24.0 Å². The highest BCUT2D eigenvalue weighted by atomic mass is 31.2. The molecule has 148 valence electrons. The number of hydrogen-bond donors (Lipinski definition) is 2. The Morgan fingerprint density at radius 1 is 1.37 bits per heavy atom. The molecule has 0 spiro atoms. The number of imidazole rings is 1. The highest BCUT2D eigenvalue weighted by Crippen LogP contribution is 2.61. The van der Waals surface area contributed by atoms with Crippen LogP contribution >= 0.6 is 7.82 Å². The maximum atomic E-state index is 12.8. The fraction of sp³-hybridized carbons (Fsp3) is 0.667. The van der Waals surface area contributed by atoms with E-state index in [9.17, 15) is 9.67 Å². The van der Waals surface area contributed by atoms with Crippen LogP contribution in [-0.4, -0.2) is 54.6 Å². The molecule has 2 aliphatic heterocycles. The smallest absolute Gasteiger partial charge is 0.383 e. The average molecular weight is 399 g/mol. The summed E-state index contributed by atoms with van der Waals surface area (Å²) in [7, 11) is -3.85. The number of hydrogen-bond acceptors (Lipinski definition) is 10. The first-order valence-corrected chi connectivity index (χ1v) is 10.0. The third-order valence-electron chi connectivity index (χ3n) is 4.64.